The second kappa shape index (κ2) is 11.3. The molecule has 5 nitrogen and oxygen atoms in total. The van der Waals surface area contributed by atoms with E-state index in [2.05, 4.69) is 15.0 Å². The van der Waals surface area contributed by atoms with E-state index in [0.717, 1.165) is 0 Å². The molecule has 1 heterocycles. The van der Waals surface area contributed by atoms with E-state index in [-0.39, 0.29) is 55.6 Å². The Balaban J connectivity index is 0. The molecule has 0 bridgehead atoms. The SMILES string of the molecule is CC(N)CCC(=O)NCc1cccnc1OCC(F)(F)F.Cl.Cl. The predicted molar refractivity (Wildman–Crippen MR) is 85.0 cm³/mol. The number of rotatable bonds is 7. The monoisotopic (exact) mass is 377 g/mol. The lowest BCUT2D eigenvalue weighted by Crippen LogP contribution is -2.26. The Morgan fingerprint density at radius 1 is 1.43 bits per heavy atom. The number of hydrogen-bond acceptors (Lipinski definition) is 4. The van der Waals surface area contributed by atoms with Crippen molar-refractivity contribution in [3.63, 3.8) is 0 Å². The molecule has 134 valence electrons. The molecule has 1 unspecified atom stereocenters. The average molecular weight is 378 g/mol. The average Bonchev–Trinajstić information content (AvgIpc) is 2.40. The largest absolute Gasteiger partial charge is 0.468 e. The molecule has 0 aliphatic rings. The maximum Gasteiger partial charge on any atom is 0.422 e. The van der Waals surface area contributed by atoms with Crippen LogP contribution >= 0.6 is 24.8 Å². The number of nitrogens with zero attached hydrogens (tertiary/aromatic N) is 1. The van der Waals surface area contributed by atoms with Crippen LogP contribution in [0, 0.1) is 0 Å². The van der Waals surface area contributed by atoms with Crippen molar-refractivity contribution in [1.82, 2.24) is 10.3 Å². The van der Waals surface area contributed by atoms with Gasteiger partial charge in [0.05, 0.1) is 0 Å². The Bertz CT molecular complexity index is 474. The van der Waals surface area contributed by atoms with Gasteiger partial charge >= 0.3 is 6.18 Å². The summed E-state index contributed by atoms with van der Waals surface area (Å²) in [5.41, 5.74) is 5.92. The van der Waals surface area contributed by atoms with Gasteiger partial charge in [-0.05, 0) is 19.4 Å². The molecule has 0 saturated heterocycles. The highest BCUT2D eigenvalue weighted by Crippen LogP contribution is 2.19. The van der Waals surface area contributed by atoms with Gasteiger partial charge in [0.15, 0.2) is 6.61 Å². The summed E-state index contributed by atoms with van der Waals surface area (Å²) < 4.78 is 41.0. The minimum Gasteiger partial charge on any atom is -0.468 e. The molecule has 0 radical (unpaired) electrons. The molecule has 0 aliphatic heterocycles. The third-order valence-electron chi connectivity index (χ3n) is 2.53. The second-order valence-corrected chi connectivity index (χ2v) is 4.66. The Hall–Kier alpha value is -1.25. The summed E-state index contributed by atoms with van der Waals surface area (Å²) in [5.74, 6) is -0.361. The van der Waals surface area contributed by atoms with Crippen LogP contribution in [0.2, 0.25) is 0 Å². The molecular weight excluding hydrogens is 358 g/mol. The quantitative estimate of drug-likeness (QED) is 0.765. The van der Waals surface area contributed by atoms with Crippen LogP contribution in [-0.4, -0.2) is 29.7 Å². The molecule has 0 spiro atoms. The van der Waals surface area contributed by atoms with Gasteiger partial charge in [-0.2, -0.15) is 13.2 Å². The van der Waals surface area contributed by atoms with Gasteiger partial charge in [-0.1, -0.05) is 6.07 Å². The summed E-state index contributed by atoms with van der Waals surface area (Å²) in [4.78, 5) is 15.3. The number of ether oxygens (including phenoxy) is 1. The molecule has 1 aromatic rings. The number of pyridine rings is 1. The van der Waals surface area contributed by atoms with Crippen molar-refractivity contribution < 1.29 is 22.7 Å². The van der Waals surface area contributed by atoms with Crippen molar-refractivity contribution in [3.05, 3.63) is 23.9 Å². The maximum atomic E-state index is 12.1. The highest BCUT2D eigenvalue weighted by Gasteiger charge is 2.29. The zero-order valence-electron chi connectivity index (χ0n) is 12.4. The molecule has 1 rings (SSSR count). The highest BCUT2D eigenvalue weighted by molar-refractivity contribution is 5.85. The fourth-order valence-electron chi connectivity index (χ4n) is 1.48. The van der Waals surface area contributed by atoms with E-state index < -0.39 is 12.8 Å². The van der Waals surface area contributed by atoms with E-state index in [1.54, 1.807) is 19.1 Å². The van der Waals surface area contributed by atoms with E-state index in [1.165, 1.54) is 6.20 Å². The van der Waals surface area contributed by atoms with Gasteiger partial charge in [-0.3, -0.25) is 4.79 Å². The third-order valence-corrected chi connectivity index (χ3v) is 2.53. The lowest BCUT2D eigenvalue weighted by atomic mass is 10.2. The van der Waals surface area contributed by atoms with Crippen LogP contribution in [-0.2, 0) is 11.3 Å². The van der Waals surface area contributed by atoms with Crippen molar-refractivity contribution in [1.29, 1.82) is 0 Å². The number of aromatic nitrogens is 1. The van der Waals surface area contributed by atoms with Gasteiger partial charge in [0.1, 0.15) is 0 Å². The zero-order valence-corrected chi connectivity index (χ0v) is 14.1. The molecular formula is C13H20Cl2F3N3O2. The topological polar surface area (TPSA) is 77.2 Å². The fraction of sp³-hybridized carbons (Fsp3) is 0.538. The Labute approximate surface area is 145 Å². The zero-order chi connectivity index (χ0) is 15.9. The van der Waals surface area contributed by atoms with Crippen LogP contribution in [0.25, 0.3) is 0 Å². The molecule has 1 atom stereocenters. The summed E-state index contributed by atoms with van der Waals surface area (Å²) in [5, 5.41) is 2.60. The maximum absolute atomic E-state index is 12.1. The van der Waals surface area contributed by atoms with E-state index in [1.807, 2.05) is 0 Å². The third kappa shape index (κ3) is 11.0. The molecule has 0 fully saturated rings. The van der Waals surface area contributed by atoms with Gasteiger partial charge in [0.2, 0.25) is 11.8 Å². The minimum atomic E-state index is -4.44. The summed E-state index contributed by atoms with van der Waals surface area (Å²) in [6.07, 6.45) is -2.31. The second-order valence-electron chi connectivity index (χ2n) is 4.66. The molecule has 0 saturated carbocycles. The van der Waals surface area contributed by atoms with Crippen molar-refractivity contribution in [2.24, 2.45) is 5.73 Å². The molecule has 3 N–H and O–H groups in total. The standard InChI is InChI=1S/C13H18F3N3O2.2ClH/c1-9(17)4-5-11(20)19-7-10-3-2-6-18-12(10)21-8-13(14,15)16;;/h2-3,6,9H,4-5,7-8,17H2,1H3,(H,19,20);2*1H. The summed E-state index contributed by atoms with van der Waals surface area (Å²) in [6.45, 7) is 0.423. The Morgan fingerprint density at radius 2 is 2.09 bits per heavy atom. The van der Waals surface area contributed by atoms with Crippen LogP contribution < -0.4 is 15.8 Å². The number of halogens is 5. The van der Waals surface area contributed by atoms with Crippen LogP contribution in [0.4, 0.5) is 13.2 Å². The van der Waals surface area contributed by atoms with Crippen LogP contribution in [0.3, 0.4) is 0 Å². The first-order valence-electron chi connectivity index (χ1n) is 6.43. The number of hydrogen-bond donors (Lipinski definition) is 2. The van der Waals surface area contributed by atoms with Crippen molar-refractivity contribution in [2.45, 2.75) is 38.5 Å². The predicted octanol–water partition coefficient (Wildman–Crippen LogP) is 2.61. The number of carbonyl (C=O) groups is 1. The van der Waals surface area contributed by atoms with Gasteiger partial charge in [0.25, 0.3) is 0 Å². The first kappa shape index (κ1) is 24.0. The molecule has 10 heteroatoms. The van der Waals surface area contributed by atoms with E-state index >= 15 is 0 Å². The lowest BCUT2D eigenvalue weighted by molar-refractivity contribution is -0.154. The van der Waals surface area contributed by atoms with Crippen molar-refractivity contribution in [2.75, 3.05) is 6.61 Å². The van der Waals surface area contributed by atoms with Gasteiger partial charge in [-0.25, -0.2) is 4.98 Å². The van der Waals surface area contributed by atoms with Crippen LogP contribution in [0.1, 0.15) is 25.3 Å². The smallest absolute Gasteiger partial charge is 0.422 e. The van der Waals surface area contributed by atoms with Crippen LogP contribution in [0.15, 0.2) is 18.3 Å². The number of amides is 1. The highest BCUT2D eigenvalue weighted by atomic mass is 35.5. The first-order chi connectivity index (χ1) is 9.78. The minimum absolute atomic E-state index is 0. The Morgan fingerprint density at radius 3 is 2.65 bits per heavy atom. The molecule has 1 amide bonds. The summed E-state index contributed by atoms with van der Waals surface area (Å²) in [7, 11) is 0. The normalized spacial score (nSPS) is 11.7. The fourth-order valence-corrected chi connectivity index (χ4v) is 1.48. The van der Waals surface area contributed by atoms with Gasteiger partial charge in [-0.15, -0.1) is 24.8 Å². The van der Waals surface area contributed by atoms with Gasteiger partial charge in [0, 0.05) is 30.8 Å². The molecule has 0 aliphatic carbocycles. The number of carbonyl (C=O) groups excluding carboxylic acids is 1. The van der Waals surface area contributed by atoms with E-state index in [4.69, 9.17) is 5.73 Å². The summed E-state index contributed by atoms with van der Waals surface area (Å²) >= 11 is 0. The van der Waals surface area contributed by atoms with E-state index in [9.17, 15) is 18.0 Å². The molecule has 0 aromatic carbocycles. The van der Waals surface area contributed by atoms with E-state index in [0.29, 0.717) is 12.0 Å². The Kier molecular flexibility index (Phi) is 11.8. The van der Waals surface area contributed by atoms with Crippen molar-refractivity contribution >= 4 is 30.7 Å². The first-order valence-corrected chi connectivity index (χ1v) is 6.43. The number of nitrogens with two attached hydrogens (primary N) is 1. The van der Waals surface area contributed by atoms with Crippen molar-refractivity contribution in [3.8, 4) is 5.88 Å². The molecule has 1 aromatic heterocycles. The number of nitrogens with one attached hydrogen (secondary N) is 1. The van der Waals surface area contributed by atoms with Crippen LogP contribution in [0.5, 0.6) is 5.88 Å². The van der Waals surface area contributed by atoms with Gasteiger partial charge < -0.3 is 15.8 Å². The molecule has 23 heavy (non-hydrogen) atoms. The summed E-state index contributed by atoms with van der Waals surface area (Å²) in [6, 6.07) is 3.02. The lowest BCUT2D eigenvalue weighted by Gasteiger charge is -2.12. The number of alkyl halides is 3.